The molecular formula is C27H30N4O4S. The summed E-state index contributed by atoms with van der Waals surface area (Å²) < 4.78 is 5.70. The molecule has 5 rings (SSSR count). The maximum absolute atomic E-state index is 13.5. The molecule has 0 atom stereocenters. The molecule has 2 heterocycles. The fraction of sp³-hybridized carbons (Fsp3) is 0.444. The molecule has 2 aliphatic carbocycles. The third-order valence-corrected chi connectivity index (χ3v) is 7.97. The van der Waals surface area contributed by atoms with E-state index in [4.69, 9.17) is 9.73 Å². The van der Waals surface area contributed by atoms with Crippen molar-refractivity contribution >= 4 is 34.6 Å². The maximum Gasteiger partial charge on any atom is 0.287 e. The lowest BCUT2D eigenvalue weighted by Gasteiger charge is -2.31. The van der Waals surface area contributed by atoms with Gasteiger partial charge in [-0.05, 0) is 61.2 Å². The lowest BCUT2D eigenvalue weighted by atomic mass is 9.94. The second kappa shape index (κ2) is 11.2. The van der Waals surface area contributed by atoms with Crippen molar-refractivity contribution in [2.24, 2.45) is 4.99 Å². The molecule has 9 heteroatoms. The molecule has 0 N–H and O–H groups in total. The van der Waals surface area contributed by atoms with E-state index in [9.17, 15) is 14.9 Å². The fourth-order valence-electron chi connectivity index (χ4n) is 5.05. The van der Waals surface area contributed by atoms with E-state index in [1.54, 1.807) is 12.1 Å². The fourth-order valence-corrected chi connectivity index (χ4v) is 6.16. The van der Waals surface area contributed by atoms with Gasteiger partial charge in [0.05, 0.1) is 15.9 Å². The van der Waals surface area contributed by atoms with E-state index in [1.165, 1.54) is 68.6 Å². The van der Waals surface area contributed by atoms with Gasteiger partial charge in [-0.2, -0.15) is 0 Å². The number of amides is 1. The van der Waals surface area contributed by atoms with Crippen molar-refractivity contribution in [1.82, 2.24) is 9.88 Å². The van der Waals surface area contributed by atoms with Crippen LogP contribution in [0.15, 0.2) is 52.5 Å². The Morgan fingerprint density at radius 3 is 2.33 bits per heavy atom. The Kier molecular flexibility index (Phi) is 7.65. The van der Waals surface area contributed by atoms with Crippen molar-refractivity contribution in [2.45, 2.75) is 76.3 Å². The summed E-state index contributed by atoms with van der Waals surface area (Å²) in [5, 5.41) is 11.7. The van der Waals surface area contributed by atoms with E-state index >= 15 is 0 Å². The van der Waals surface area contributed by atoms with Crippen LogP contribution in [0.4, 0.5) is 5.69 Å². The average Bonchev–Trinajstić information content (AvgIpc) is 3.20. The number of hydrogen-bond acceptors (Lipinski definition) is 7. The van der Waals surface area contributed by atoms with Gasteiger partial charge >= 0.3 is 0 Å². The Morgan fingerprint density at radius 2 is 1.69 bits per heavy atom. The molecule has 1 aliphatic heterocycles. The van der Waals surface area contributed by atoms with Crippen molar-refractivity contribution in [3.63, 3.8) is 0 Å². The van der Waals surface area contributed by atoms with Crippen LogP contribution < -0.4 is 4.74 Å². The third kappa shape index (κ3) is 5.78. The SMILES string of the molecule is O=C1/C(=C/c2ccc(Oc3ccc([N+](=O)[O-])cn3)cc2)SC(=NC2CCCCC2)N1C1CCCCC1. The van der Waals surface area contributed by atoms with Gasteiger partial charge in [-0.1, -0.05) is 50.7 Å². The van der Waals surface area contributed by atoms with E-state index in [0.717, 1.165) is 36.4 Å². The van der Waals surface area contributed by atoms with Crippen LogP contribution in [-0.2, 0) is 4.79 Å². The van der Waals surface area contributed by atoms with E-state index in [2.05, 4.69) is 4.98 Å². The Bertz CT molecular complexity index is 1150. The minimum atomic E-state index is -0.498. The predicted octanol–water partition coefficient (Wildman–Crippen LogP) is 6.72. The van der Waals surface area contributed by atoms with E-state index < -0.39 is 4.92 Å². The smallest absolute Gasteiger partial charge is 0.287 e. The number of amidine groups is 1. The van der Waals surface area contributed by atoms with Crippen LogP contribution in [-0.4, -0.2) is 38.0 Å². The third-order valence-electron chi connectivity index (χ3n) is 6.98. The Balaban J connectivity index is 1.32. The standard InChI is InChI=1S/C27H30N4O4S/c32-26-24(17-19-11-14-23(15-12-19)35-25-16-13-22(18-28-25)31(33)34)36-27(29-20-7-3-1-4-8-20)30(26)21-9-5-2-6-10-21/h11-18,20-21H,1-10H2/b24-17-,29-27?. The second-order valence-corrected chi connectivity index (χ2v) is 10.6. The molecule has 188 valence electrons. The zero-order chi connectivity index (χ0) is 24.9. The van der Waals surface area contributed by atoms with Crippen LogP contribution in [0, 0.1) is 10.1 Å². The number of aliphatic imine (C=N–C) groups is 1. The molecule has 1 aromatic carbocycles. The minimum absolute atomic E-state index is 0.0665. The van der Waals surface area contributed by atoms with Crippen molar-refractivity contribution in [3.8, 4) is 11.6 Å². The van der Waals surface area contributed by atoms with E-state index in [1.807, 2.05) is 23.1 Å². The number of carbonyl (C=O) groups excluding carboxylic acids is 1. The van der Waals surface area contributed by atoms with Gasteiger partial charge in [-0.15, -0.1) is 0 Å². The predicted molar refractivity (Wildman–Crippen MR) is 141 cm³/mol. The summed E-state index contributed by atoms with van der Waals surface area (Å²) in [5.41, 5.74) is 0.814. The van der Waals surface area contributed by atoms with Crippen LogP contribution in [0.25, 0.3) is 6.08 Å². The molecule has 2 saturated carbocycles. The molecular weight excluding hydrogens is 476 g/mol. The Labute approximate surface area is 215 Å². The summed E-state index contributed by atoms with van der Waals surface area (Å²) in [6.45, 7) is 0. The Morgan fingerprint density at radius 1 is 1.00 bits per heavy atom. The highest BCUT2D eigenvalue weighted by Crippen LogP contribution is 2.38. The lowest BCUT2D eigenvalue weighted by molar-refractivity contribution is -0.385. The summed E-state index contributed by atoms with van der Waals surface area (Å²) >= 11 is 1.51. The van der Waals surface area contributed by atoms with Crippen LogP contribution in [0.5, 0.6) is 11.6 Å². The molecule has 0 spiro atoms. The number of benzene rings is 1. The molecule has 3 fully saturated rings. The summed E-state index contributed by atoms with van der Waals surface area (Å²) in [7, 11) is 0. The molecule has 36 heavy (non-hydrogen) atoms. The number of thioether (sulfide) groups is 1. The number of hydrogen-bond donors (Lipinski definition) is 0. The molecule has 1 aromatic heterocycles. The van der Waals surface area contributed by atoms with Crippen LogP contribution in [0.1, 0.15) is 69.8 Å². The molecule has 2 aromatic rings. The van der Waals surface area contributed by atoms with Gasteiger partial charge < -0.3 is 4.74 Å². The summed E-state index contributed by atoms with van der Waals surface area (Å²) in [6, 6.07) is 10.8. The van der Waals surface area contributed by atoms with Gasteiger partial charge in [0, 0.05) is 18.2 Å². The number of rotatable bonds is 6. The first-order chi connectivity index (χ1) is 17.6. The summed E-state index contributed by atoms with van der Waals surface area (Å²) in [6.07, 6.45) is 14.7. The first-order valence-electron chi connectivity index (χ1n) is 12.8. The first-order valence-corrected chi connectivity index (χ1v) is 13.6. The number of ether oxygens (including phenoxy) is 1. The van der Waals surface area contributed by atoms with Gasteiger partial charge in [0.2, 0.25) is 5.88 Å². The highest BCUT2D eigenvalue weighted by atomic mass is 32.2. The van der Waals surface area contributed by atoms with Crippen LogP contribution in [0.3, 0.4) is 0 Å². The zero-order valence-electron chi connectivity index (χ0n) is 20.2. The molecule has 1 saturated heterocycles. The Hall–Kier alpha value is -3.20. The van der Waals surface area contributed by atoms with Gasteiger partial charge in [-0.3, -0.25) is 24.8 Å². The van der Waals surface area contributed by atoms with Gasteiger partial charge in [-0.25, -0.2) is 4.98 Å². The molecule has 0 unspecified atom stereocenters. The molecule has 1 amide bonds. The highest BCUT2D eigenvalue weighted by Gasteiger charge is 2.39. The number of aromatic nitrogens is 1. The normalized spacial score (nSPS) is 21.9. The van der Waals surface area contributed by atoms with Gasteiger partial charge in [0.25, 0.3) is 11.6 Å². The molecule has 8 nitrogen and oxygen atoms in total. The first kappa shape index (κ1) is 24.5. The molecule has 3 aliphatic rings. The topological polar surface area (TPSA) is 97.9 Å². The minimum Gasteiger partial charge on any atom is -0.439 e. The lowest BCUT2D eigenvalue weighted by Crippen LogP contribution is -2.41. The van der Waals surface area contributed by atoms with E-state index in [-0.39, 0.29) is 23.5 Å². The van der Waals surface area contributed by atoms with Crippen molar-refractivity contribution in [1.29, 1.82) is 0 Å². The summed E-state index contributed by atoms with van der Waals surface area (Å²) in [4.78, 5) is 35.6. The quantitative estimate of drug-likeness (QED) is 0.245. The van der Waals surface area contributed by atoms with Crippen LogP contribution in [0.2, 0.25) is 0 Å². The molecule has 0 radical (unpaired) electrons. The van der Waals surface area contributed by atoms with E-state index in [0.29, 0.717) is 16.7 Å². The van der Waals surface area contributed by atoms with Crippen molar-refractivity contribution in [3.05, 3.63) is 63.2 Å². The monoisotopic (exact) mass is 506 g/mol. The number of pyridine rings is 1. The second-order valence-electron chi connectivity index (χ2n) is 9.56. The summed E-state index contributed by atoms with van der Waals surface area (Å²) in [5.74, 6) is 0.907. The average molecular weight is 507 g/mol. The van der Waals surface area contributed by atoms with Crippen molar-refractivity contribution < 1.29 is 14.5 Å². The molecule has 0 bridgehead atoms. The van der Waals surface area contributed by atoms with Crippen molar-refractivity contribution in [2.75, 3.05) is 0 Å². The highest BCUT2D eigenvalue weighted by molar-refractivity contribution is 8.18. The number of nitro groups is 1. The van der Waals surface area contributed by atoms with Gasteiger partial charge in [0.15, 0.2) is 5.17 Å². The van der Waals surface area contributed by atoms with Crippen LogP contribution >= 0.6 is 11.8 Å². The number of carbonyl (C=O) groups is 1. The zero-order valence-corrected chi connectivity index (χ0v) is 21.0. The largest absolute Gasteiger partial charge is 0.439 e. The maximum atomic E-state index is 13.5. The van der Waals surface area contributed by atoms with Gasteiger partial charge in [0.1, 0.15) is 11.9 Å². The number of nitrogens with zero attached hydrogens (tertiary/aromatic N) is 4.